The Morgan fingerprint density at radius 1 is 1.24 bits per heavy atom. The van der Waals surface area contributed by atoms with Gasteiger partial charge in [-0.1, -0.05) is 29.8 Å². The fraction of sp³-hybridized carbons (Fsp3) is 0.125. The van der Waals surface area contributed by atoms with Crippen LogP contribution in [0.15, 0.2) is 52.0 Å². The van der Waals surface area contributed by atoms with Crippen molar-refractivity contribution in [3.05, 3.63) is 64.5 Å². The predicted molar refractivity (Wildman–Crippen MR) is 81.4 cm³/mol. The van der Waals surface area contributed by atoms with E-state index in [9.17, 15) is 9.59 Å². The lowest BCUT2D eigenvalue weighted by Gasteiger charge is -2.12. The number of nitrogens with zero attached hydrogens (tertiary/aromatic N) is 1. The third-order valence-corrected chi connectivity index (χ3v) is 4.02. The summed E-state index contributed by atoms with van der Waals surface area (Å²) >= 11 is 0.942. The van der Waals surface area contributed by atoms with Crippen LogP contribution in [0, 0.1) is 6.92 Å². The summed E-state index contributed by atoms with van der Waals surface area (Å²) in [5, 5.41) is -0.251. The number of imide groups is 1. The molecule has 0 aliphatic carbocycles. The van der Waals surface area contributed by atoms with E-state index < -0.39 is 0 Å². The van der Waals surface area contributed by atoms with Crippen LogP contribution in [0.1, 0.15) is 16.9 Å². The van der Waals surface area contributed by atoms with Crippen molar-refractivity contribution in [2.45, 2.75) is 13.5 Å². The van der Waals surface area contributed by atoms with Crippen LogP contribution in [0.3, 0.4) is 0 Å². The standard InChI is InChI=1S/C16H13NO3S/c1-11-4-2-5-12(8-11)10-17-15(18)14(21-16(17)19)9-13-6-3-7-20-13/h2-9H,10H2,1H3/b14-9-. The normalized spacial score (nSPS) is 17.0. The lowest BCUT2D eigenvalue weighted by Crippen LogP contribution is -2.27. The highest BCUT2D eigenvalue weighted by atomic mass is 32.2. The Hall–Kier alpha value is -2.27. The molecule has 5 heteroatoms. The molecule has 3 rings (SSSR count). The Kier molecular flexibility index (Phi) is 3.66. The predicted octanol–water partition coefficient (Wildman–Crippen LogP) is 3.82. The first-order chi connectivity index (χ1) is 10.1. The van der Waals surface area contributed by atoms with Gasteiger partial charge < -0.3 is 4.42 Å². The van der Waals surface area contributed by atoms with E-state index >= 15 is 0 Å². The van der Waals surface area contributed by atoms with Crippen LogP contribution in [0.2, 0.25) is 0 Å². The summed E-state index contributed by atoms with van der Waals surface area (Å²) in [6, 6.07) is 11.3. The number of aryl methyl sites for hydroxylation is 1. The summed E-state index contributed by atoms with van der Waals surface area (Å²) in [4.78, 5) is 26.0. The molecule has 0 N–H and O–H groups in total. The van der Waals surface area contributed by atoms with Gasteiger partial charge in [0.15, 0.2) is 0 Å². The molecular formula is C16H13NO3S. The van der Waals surface area contributed by atoms with Crippen molar-refractivity contribution in [3.63, 3.8) is 0 Å². The molecule has 1 aliphatic rings. The Morgan fingerprint density at radius 2 is 2.10 bits per heavy atom. The lowest BCUT2D eigenvalue weighted by molar-refractivity contribution is -0.123. The maximum atomic E-state index is 12.3. The number of furan rings is 1. The highest BCUT2D eigenvalue weighted by Crippen LogP contribution is 2.33. The van der Waals surface area contributed by atoms with Crippen LogP contribution >= 0.6 is 11.8 Å². The molecule has 0 saturated carbocycles. The minimum absolute atomic E-state index is 0.251. The number of amides is 2. The average molecular weight is 299 g/mol. The van der Waals surface area contributed by atoms with Gasteiger partial charge in [0.05, 0.1) is 17.7 Å². The maximum absolute atomic E-state index is 12.3. The maximum Gasteiger partial charge on any atom is 0.293 e. The molecule has 0 bridgehead atoms. The summed E-state index contributed by atoms with van der Waals surface area (Å²) in [5.41, 5.74) is 2.04. The molecule has 1 aromatic carbocycles. The molecule has 0 atom stereocenters. The van der Waals surface area contributed by atoms with E-state index in [4.69, 9.17) is 4.42 Å². The zero-order valence-corrected chi connectivity index (χ0v) is 12.2. The molecule has 2 amide bonds. The second-order valence-corrected chi connectivity index (χ2v) is 5.77. The molecular weight excluding hydrogens is 286 g/mol. The number of hydrogen-bond acceptors (Lipinski definition) is 4. The molecule has 1 aromatic heterocycles. The minimum Gasteiger partial charge on any atom is -0.465 e. The lowest BCUT2D eigenvalue weighted by atomic mass is 10.1. The van der Waals surface area contributed by atoms with Gasteiger partial charge in [0.25, 0.3) is 11.1 Å². The Bertz CT molecular complexity index is 719. The largest absolute Gasteiger partial charge is 0.465 e. The topological polar surface area (TPSA) is 50.5 Å². The zero-order valence-electron chi connectivity index (χ0n) is 11.4. The average Bonchev–Trinajstić information content (AvgIpc) is 3.04. The van der Waals surface area contributed by atoms with Crippen LogP contribution in [0.4, 0.5) is 4.79 Å². The van der Waals surface area contributed by atoms with Crippen molar-refractivity contribution < 1.29 is 14.0 Å². The van der Waals surface area contributed by atoms with E-state index in [1.54, 1.807) is 18.2 Å². The van der Waals surface area contributed by atoms with Crippen molar-refractivity contribution in [2.75, 3.05) is 0 Å². The number of benzene rings is 1. The monoisotopic (exact) mass is 299 g/mol. The van der Waals surface area contributed by atoms with Gasteiger partial charge >= 0.3 is 0 Å². The van der Waals surface area contributed by atoms with Crippen LogP contribution in [0.25, 0.3) is 6.08 Å². The molecule has 2 aromatic rings. The fourth-order valence-electron chi connectivity index (χ4n) is 2.13. The second kappa shape index (κ2) is 5.61. The van der Waals surface area contributed by atoms with E-state index in [1.807, 2.05) is 31.2 Å². The Labute approximate surface area is 126 Å². The van der Waals surface area contributed by atoms with Crippen molar-refractivity contribution in [3.8, 4) is 0 Å². The van der Waals surface area contributed by atoms with E-state index in [1.165, 1.54) is 11.2 Å². The molecule has 0 unspecified atom stereocenters. The van der Waals surface area contributed by atoms with Gasteiger partial charge in [-0.25, -0.2) is 0 Å². The Morgan fingerprint density at radius 3 is 2.81 bits per heavy atom. The molecule has 4 nitrogen and oxygen atoms in total. The van der Waals surface area contributed by atoms with Crippen LogP contribution in [0.5, 0.6) is 0 Å². The summed E-state index contributed by atoms with van der Waals surface area (Å²) in [6.07, 6.45) is 3.13. The number of carbonyl (C=O) groups is 2. The van der Waals surface area contributed by atoms with Crippen LogP contribution in [-0.4, -0.2) is 16.0 Å². The number of carbonyl (C=O) groups excluding carboxylic acids is 2. The molecule has 1 saturated heterocycles. The van der Waals surface area contributed by atoms with E-state index in [0.29, 0.717) is 17.2 Å². The van der Waals surface area contributed by atoms with Crippen LogP contribution < -0.4 is 0 Å². The molecule has 1 aliphatic heterocycles. The smallest absolute Gasteiger partial charge is 0.293 e. The van der Waals surface area contributed by atoms with Gasteiger partial charge in [0.1, 0.15) is 5.76 Å². The number of thioether (sulfide) groups is 1. The third kappa shape index (κ3) is 2.92. The highest BCUT2D eigenvalue weighted by Gasteiger charge is 2.35. The Balaban J connectivity index is 1.81. The second-order valence-electron chi connectivity index (χ2n) is 4.77. The first-order valence-electron chi connectivity index (χ1n) is 6.48. The van der Waals surface area contributed by atoms with Gasteiger partial charge in [-0.05, 0) is 36.4 Å². The van der Waals surface area contributed by atoms with Gasteiger partial charge in [0, 0.05) is 6.08 Å². The van der Waals surface area contributed by atoms with Crippen molar-refractivity contribution in [1.29, 1.82) is 0 Å². The highest BCUT2D eigenvalue weighted by molar-refractivity contribution is 8.18. The van der Waals surface area contributed by atoms with E-state index in [0.717, 1.165) is 22.9 Å². The van der Waals surface area contributed by atoms with E-state index in [2.05, 4.69) is 0 Å². The summed E-state index contributed by atoms with van der Waals surface area (Å²) < 4.78 is 5.18. The van der Waals surface area contributed by atoms with Gasteiger partial charge in [-0.15, -0.1) is 0 Å². The van der Waals surface area contributed by atoms with E-state index in [-0.39, 0.29) is 11.1 Å². The summed E-state index contributed by atoms with van der Waals surface area (Å²) in [5.74, 6) is 0.291. The van der Waals surface area contributed by atoms with Gasteiger partial charge in [-0.3, -0.25) is 14.5 Å². The minimum atomic E-state index is -0.275. The molecule has 2 heterocycles. The number of hydrogen-bond donors (Lipinski definition) is 0. The van der Waals surface area contributed by atoms with Crippen molar-refractivity contribution >= 4 is 29.0 Å². The zero-order chi connectivity index (χ0) is 14.8. The third-order valence-electron chi connectivity index (χ3n) is 3.11. The molecule has 0 spiro atoms. The molecule has 21 heavy (non-hydrogen) atoms. The number of rotatable bonds is 3. The van der Waals surface area contributed by atoms with Crippen molar-refractivity contribution in [1.82, 2.24) is 4.90 Å². The fourth-order valence-corrected chi connectivity index (χ4v) is 2.95. The van der Waals surface area contributed by atoms with Gasteiger partial charge in [0.2, 0.25) is 0 Å². The summed E-state index contributed by atoms with van der Waals surface area (Å²) in [7, 11) is 0. The van der Waals surface area contributed by atoms with Gasteiger partial charge in [-0.2, -0.15) is 0 Å². The van der Waals surface area contributed by atoms with Crippen molar-refractivity contribution in [2.24, 2.45) is 0 Å². The SMILES string of the molecule is Cc1cccc(CN2C(=O)S/C(=C\c3ccco3)C2=O)c1. The first-order valence-corrected chi connectivity index (χ1v) is 7.29. The molecule has 1 fully saturated rings. The molecule has 0 radical (unpaired) electrons. The van der Waals surface area contributed by atoms with Crippen LogP contribution in [-0.2, 0) is 11.3 Å². The molecule has 106 valence electrons. The first kappa shape index (κ1) is 13.7. The summed E-state index contributed by atoms with van der Waals surface area (Å²) in [6.45, 7) is 2.27. The quantitative estimate of drug-likeness (QED) is 0.808.